The van der Waals surface area contributed by atoms with Crippen LogP contribution in [0.2, 0.25) is 0 Å². The van der Waals surface area contributed by atoms with E-state index in [0.29, 0.717) is 5.11 Å². The SMILES string of the molecule is CCCCCN(CCCCC)C(=S)Nc1ccc(F)cc1F. The molecule has 2 nitrogen and oxygen atoms in total. The van der Waals surface area contributed by atoms with E-state index in [1.54, 1.807) is 0 Å². The van der Waals surface area contributed by atoms with Gasteiger partial charge in [0.2, 0.25) is 0 Å². The molecule has 0 atom stereocenters. The smallest absolute Gasteiger partial charge is 0.173 e. The minimum Gasteiger partial charge on any atom is -0.349 e. The second kappa shape index (κ2) is 10.5. The molecule has 1 aromatic rings. The summed E-state index contributed by atoms with van der Waals surface area (Å²) in [6.07, 6.45) is 6.73. The van der Waals surface area contributed by atoms with Crippen LogP contribution in [0.3, 0.4) is 0 Å². The van der Waals surface area contributed by atoms with Gasteiger partial charge in [-0.2, -0.15) is 0 Å². The Labute approximate surface area is 137 Å². The van der Waals surface area contributed by atoms with Crippen molar-refractivity contribution in [3.05, 3.63) is 29.8 Å². The maximum Gasteiger partial charge on any atom is 0.173 e. The Hall–Kier alpha value is -1.23. The van der Waals surface area contributed by atoms with E-state index in [9.17, 15) is 8.78 Å². The van der Waals surface area contributed by atoms with Crippen LogP contribution in [0.5, 0.6) is 0 Å². The molecule has 0 aliphatic heterocycles. The van der Waals surface area contributed by atoms with Gasteiger partial charge in [0.05, 0.1) is 5.69 Å². The lowest BCUT2D eigenvalue weighted by Crippen LogP contribution is -2.36. The van der Waals surface area contributed by atoms with E-state index < -0.39 is 11.6 Å². The van der Waals surface area contributed by atoms with Crippen LogP contribution in [-0.4, -0.2) is 23.1 Å². The van der Waals surface area contributed by atoms with Crippen molar-refractivity contribution >= 4 is 23.0 Å². The van der Waals surface area contributed by atoms with Gasteiger partial charge in [0.25, 0.3) is 0 Å². The molecule has 0 amide bonds. The monoisotopic (exact) mass is 328 g/mol. The molecule has 0 heterocycles. The van der Waals surface area contributed by atoms with Crippen molar-refractivity contribution in [3.8, 4) is 0 Å². The third kappa shape index (κ3) is 6.69. The van der Waals surface area contributed by atoms with Gasteiger partial charge in [-0.25, -0.2) is 8.78 Å². The predicted molar refractivity (Wildman–Crippen MR) is 93.2 cm³/mol. The number of rotatable bonds is 9. The first-order valence-corrected chi connectivity index (χ1v) is 8.50. The lowest BCUT2D eigenvalue weighted by Gasteiger charge is -2.26. The Morgan fingerprint density at radius 2 is 1.64 bits per heavy atom. The summed E-state index contributed by atoms with van der Waals surface area (Å²) < 4.78 is 26.7. The third-order valence-corrected chi connectivity index (χ3v) is 3.88. The zero-order valence-corrected chi connectivity index (χ0v) is 14.3. The van der Waals surface area contributed by atoms with Crippen LogP contribution in [0.25, 0.3) is 0 Å². The lowest BCUT2D eigenvalue weighted by atomic mass is 10.2. The molecule has 0 saturated carbocycles. The maximum absolute atomic E-state index is 13.7. The van der Waals surface area contributed by atoms with Gasteiger partial charge in [-0.1, -0.05) is 39.5 Å². The molecule has 0 fully saturated rings. The maximum atomic E-state index is 13.7. The van der Waals surface area contributed by atoms with Gasteiger partial charge < -0.3 is 10.2 Å². The van der Waals surface area contributed by atoms with E-state index in [4.69, 9.17) is 12.2 Å². The van der Waals surface area contributed by atoms with Crippen molar-refractivity contribution in [3.63, 3.8) is 0 Å². The van der Waals surface area contributed by atoms with E-state index in [1.807, 2.05) is 0 Å². The quantitative estimate of drug-likeness (QED) is 0.486. The summed E-state index contributed by atoms with van der Waals surface area (Å²) in [5.41, 5.74) is 0.224. The summed E-state index contributed by atoms with van der Waals surface area (Å²) in [6, 6.07) is 3.48. The van der Waals surface area contributed by atoms with E-state index >= 15 is 0 Å². The summed E-state index contributed by atoms with van der Waals surface area (Å²) in [7, 11) is 0. The molecule has 0 saturated heterocycles. The van der Waals surface area contributed by atoms with Crippen molar-refractivity contribution in [1.29, 1.82) is 0 Å². The fraction of sp³-hybridized carbons (Fsp3) is 0.588. The zero-order chi connectivity index (χ0) is 16.4. The van der Waals surface area contributed by atoms with E-state index in [-0.39, 0.29) is 5.69 Å². The van der Waals surface area contributed by atoms with Crippen LogP contribution in [0.1, 0.15) is 52.4 Å². The minimum atomic E-state index is -0.621. The van der Waals surface area contributed by atoms with Gasteiger partial charge in [-0.05, 0) is 37.2 Å². The van der Waals surface area contributed by atoms with Crippen LogP contribution in [0.4, 0.5) is 14.5 Å². The summed E-state index contributed by atoms with van der Waals surface area (Å²) >= 11 is 5.40. The molecule has 1 aromatic carbocycles. The van der Waals surface area contributed by atoms with Crippen LogP contribution < -0.4 is 5.32 Å². The normalized spacial score (nSPS) is 10.5. The van der Waals surface area contributed by atoms with Crippen LogP contribution in [0.15, 0.2) is 18.2 Å². The lowest BCUT2D eigenvalue weighted by molar-refractivity contribution is 0.395. The minimum absolute atomic E-state index is 0.224. The molecule has 0 aliphatic carbocycles. The van der Waals surface area contributed by atoms with Crippen molar-refractivity contribution in [1.82, 2.24) is 4.90 Å². The first-order chi connectivity index (χ1) is 10.6. The number of halogens is 2. The van der Waals surface area contributed by atoms with Gasteiger partial charge >= 0.3 is 0 Å². The number of hydrogen-bond donors (Lipinski definition) is 1. The number of benzene rings is 1. The second-order valence-corrected chi connectivity index (χ2v) is 5.84. The molecule has 124 valence electrons. The largest absolute Gasteiger partial charge is 0.349 e. The molecule has 1 rings (SSSR count). The molecule has 0 spiro atoms. The first kappa shape index (κ1) is 18.8. The fourth-order valence-corrected chi connectivity index (χ4v) is 2.50. The van der Waals surface area contributed by atoms with Gasteiger partial charge in [-0.15, -0.1) is 0 Å². The zero-order valence-electron chi connectivity index (χ0n) is 13.5. The van der Waals surface area contributed by atoms with Crippen LogP contribution in [-0.2, 0) is 0 Å². The first-order valence-electron chi connectivity index (χ1n) is 8.09. The van der Waals surface area contributed by atoms with Crippen molar-refractivity contribution in [2.45, 2.75) is 52.4 Å². The third-order valence-electron chi connectivity index (χ3n) is 3.52. The number of thiocarbonyl (C=S) groups is 1. The van der Waals surface area contributed by atoms with Crippen molar-refractivity contribution in [2.75, 3.05) is 18.4 Å². The van der Waals surface area contributed by atoms with E-state index in [1.165, 1.54) is 12.1 Å². The Kier molecular flexibility index (Phi) is 8.97. The molecule has 0 unspecified atom stereocenters. The molecule has 1 N–H and O–H groups in total. The summed E-state index contributed by atoms with van der Waals surface area (Å²) in [6.45, 7) is 6.05. The number of nitrogens with zero attached hydrogens (tertiary/aromatic N) is 1. The van der Waals surface area contributed by atoms with Gasteiger partial charge in [0.15, 0.2) is 5.11 Å². The Morgan fingerprint density at radius 3 is 2.14 bits per heavy atom. The Balaban J connectivity index is 2.63. The molecular formula is C17H26F2N2S. The van der Waals surface area contributed by atoms with Crippen LogP contribution in [0, 0.1) is 11.6 Å². The van der Waals surface area contributed by atoms with Gasteiger partial charge in [0, 0.05) is 19.2 Å². The molecule has 22 heavy (non-hydrogen) atoms. The van der Waals surface area contributed by atoms with E-state index in [2.05, 4.69) is 24.1 Å². The Morgan fingerprint density at radius 1 is 1.05 bits per heavy atom. The number of hydrogen-bond acceptors (Lipinski definition) is 1. The number of anilines is 1. The topological polar surface area (TPSA) is 15.3 Å². The second-order valence-electron chi connectivity index (χ2n) is 5.46. The van der Waals surface area contributed by atoms with E-state index in [0.717, 1.165) is 57.7 Å². The highest BCUT2D eigenvalue weighted by molar-refractivity contribution is 7.80. The van der Waals surface area contributed by atoms with Gasteiger partial charge in [-0.3, -0.25) is 0 Å². The average Bonchev–Trinajstić information content (AvgIpc) is 2.48. The average molecular weight is 328 g/mol. The van der Waals surface area contributed by atoms with Gasteiger partial charge in [0.1, 0.15) is 11.6 Å². The highest BCUT2D eigenvalue weighted by atomic mass is 32.1. The summed E-state index contributed by atoms with van der Waals surface area (Å²) in [5, 5.41) is 3.42. The molecular weight excluding hydrogens is 302 g/mol. The highest BCUT2D eigenvalue weighted by Crippen LogP contribution is 2.16. The summed E-state index contributed by atoms with van der Waals surface area (Å²) in [4.78, 5) is 2.09. The fourth-order valence-electron chi connectivity index (χ4n) is 2.21. The molecule has 0 bridgehead atoms. The molecule has 0 radical (unpaired) electrons. The van der Waals surface area contributed by atoms with Crippen molar-refractivity contribution in [2.24, 2.45) is 0 Å². The molecule has 5 heteroatoms. The number of nitrogens with one attached hydrogen (secondary N) is 1. The molecule has 0 aromatic heterocycles. The van der Waals surface area contributed by atoms with Crippen molar-refractivity contribution < 1.29 is 8.78 Å². The predicted octanol–water partition coefficient (Wildman–Crippen LogP) is 5.34. The number of unbranched alkanes of at least 4 members (excludes halogenated alkanes) is 4. The van der Waals surface area contributed by atoms with Crippen LogP contribution >= 0.6 is 12.2 Å². The Bertz CT molecular complexity index is 456. The highest BCUT2D eigenvalue weighted by Gasteiger charge is 2.12. The standard InChI is InChI=1S/C17H26F2N2S/c1-3-5-7-11-21(12-8-6-4-2)17(22)20-16-10-9-14(18)13-15(16)19/h9-10,13H,3-8,11-12H2,1-2H3,(H,20,22). The molecule has 0 aliphatic rings. The summed E-state index contributed by atoms with van der Waals surface area (Å²) in [5.74, 6) is -1.21.